The van der Waals surface area contributed by atoms with Crippen molar-refractivity contribution in [3.05, 3.63) is 107 Å². The van der Waals surface area contributed by atoms with Crippen molar-refractivity contribution in [2.75, 3.05) is 14.2 Å². The fourth-order valence-electron chi connectivity index (χ4n) is 4.70. The van der Waals surface area contributed by atoms with Crippen LogP contribution in [0, 0.1) is 0 Å². The van der Waals surface area contributed by atoms with Crippen molar-refractivity contribution in [2.45, 2.75) is 45.1 Å². The molecular weight excluding hydrogens is 448 g/mol. The van der Waals surface area contributed by atoms with Gasteiger partial charge in [0.2, 0.25) is 5.91 Å². The number of carbonyl (C=O) groups excluding carboxylic acids is 1. The summed E-state index contributed by atoms with van der Waals surface area (Å²) in [7, 11) is 3.37. The number of aromatic nitrogens is 1. The van der Waals surface area contributed by atoms with Crippen LogP contribution in [0.25, 0.3) is 5.57 Å². The number of aryl methyl sites for hydroxylation is 2. The van der Waals surface area contributed by atoms with Crippen LogP contribution in [0.4, 0.5) is 0 Å². The molecule has 186 valence electrons. The summed E-state index contributed by atoms with van der Waals surface area (Å²) in [5, 5.41) is 3.11. The number of pyridine rings is 1. The molecule has 0 spiro atoms. The fraction of sp³-hybridized carbons (Fsp3) is 0.290. The number of nitrogens with zero attached hydrogens (tertiary/aromatic N) is 1. The summed E-state index contributed by atoms with van der Waals surface area (Å²) in [6.07, 6.45) is 12.0. The van der Waals surface area contributed by atoms with E-state index in [1.54, 1.807) is 26.5 Å². The van der Waals surface area contributed by atoms with Crippen LogP contribution in [0.5, 0.6) is 11.5 Å². The van der Waals surface area contributed by atoms with Crippen molar-refractivity contribution < 1.29 is 14.3 Å². The van der Waals surface area contributed by atoms with Crippen molar-refractivity contribution in [2.24, 2.45) is 0 Å². The van der Waals surface area contributed by atoms with Crippen LogP contribution in [-0.2, 0) is 17.6 Å². The van der Waals surface area contributed by atoms with E-state index < -0.39 is 0 Å². The van der Waals surface area contributed by atoms with Gasteiger partial charge in [0.05, 0.1) is 14.2 Å². The Bertz CT molecular complexity index is 1250. The number of benzene rings is 2. The molecule has 5 heteroatoms. The van der Waals surface area contributed by atoms with E-state index in [1.807, 2.05) is 42.6 Å². The molecule has 0 saturated heterocycles. The molecule has 0 unspecified atom stereocenters. The molecular formula is C31H34N2O3. The Morgan fingerprint density at radius 1 is 1.06 bits per heavy atom. The number of carbonyl (C=O) groups is 1. The van der Waals surface area contributed by atoms with Crippen LogP contribution >= 0.6 is 0 Å². The summed E-state index contributed by atoms with van der Waals surface area (Å²) >= 11 is 0. The monoisotopic (exact) mass is 482 g/mol. The second-order valence-corrected chi connectivity index (χ2v) is 9.15. The number of nitrogens with one attached hydrogen (secondary N) is 1. The van der Waals surface area contributed by atoms with E-state index in [-0.39, 0.29) is 11.9 Å². The highest BCUT2D eigenvalue weighted by molar-refractivity contribution is 5.91. The highest BCUT2D eigenvalue weighted by atomic mass is 16.5. The maximum Gasteiger partial charge on any atom is 0.244 e. The second kappa shape index (κ2) is 12.2. The number of rotatable bonds is 10. The maximum absolute atomic E-state index is 12.7. The average molecular weight is 483 g/mol. The zero-order valence-electron chi connectivity index (χ0n) is 21.3. The Morgan fingerprint density at radius 2 is 1.89 bits per heavy atom. The first-order valence-electron chi connectivity index (χ1n) is 12.5. The Labute approximate surface area is 213 Å². The molecule has 0 radical (unpaired) electrons. The molecule has 1 atom stereocenters. The Morgan fingerprint density at radius 3 is 2.67 bits per heavy atom. The van der Waals surface area contributed by atoms with Crippen LogP contribution in [0.2, 0.25) is 0 Å². The molecule has 1 N–H and O–H groups in total. The van der Waals surface area contributed by atoms with Crippen molar-refractivity contribution in [1.82, 2.24) is 10.3 Å². The van der Waals surface area contributed by atoms with Crippen molar-refractivity contribution in [1.29, 1.82) is 0 Å². The first kappa shape index (κ1) is 25.2. The zero-order valence-corrected chi connectivity index (χ0v) is 21.3. The van der Waals surface area contributed by atoms with Crippen molar-refractivity contribution >= 4 is 11.5 Å². The smallest absolute Gasteiger partial charge is 0.244 e. The molecule has 0 bridgehead atoms. The number of hydrogen-bond donors (Lipinski definition) is 1. The SMILES string of the molecule is COc1cccc(C2=C(/C=C/C(=O)N[C@H](C)CCCc3cccnc3)CCc3cc(OC)ccc32)c1. The lowest BCUT2D eigenvalue weighted by Crippen LogP contribution is -2.31. The molecule has 0 aliphatic heterocycles. The van der Waals surface area contributed by atoms with E-state index in [9.17, 15) is 4.79 Å². The van der Waals surface area contributed by atoms with E-state index >= 15 is 0 Å². The maximum atomic E-state index is 12.7. The first-order chi connectivity index (χ1) is 17.6. The summed E-state index contributed by atoms with van der Waals surface area (Å²) in [6.45, 7) is 2.06. The quantitative estimate of drug-likeness (QED) is 0.364. The molecule has 4 rings (SSSR count). The highest BCUT2D eigenvalue weighted by Crippen LogP contribution is 2.39. The molecule has 0 saturated carbocycles. The van der Waals surface area contributed by atoms with E-state index in [0.29, 0.717) is 0 Å². The van der Waals surface area contributed by atoms with Crippen LogP contribution in [0.3, 0.4) is 0 Å². The minimum Gasteiger partial charge on any atom is -0.497 e. The van der Waals surface area contributed by atoms with Gasteiger partial charge in [0.1, 0.15) is 11.5 Å². The van der Waals surface area contributed by atoms with Gasteiger partial charge in [-0.3, -0.25) is 9.78 Å². The van der Waals surface area contributed by atoms with Gasteiger partial charge in [0.15, 0.2) is 0 Å². The third-order valence-electron chi connectivity index (χ3n) is 6.57. The van der Waals surface area contributed by atoms with Gasteiger partial charge in [-0.2, -0.15) is 0 Å². The molecule has 36 heavy (non-hydrogen) atoms. The average Bonchev–Trinajstić information content (AvgIpc) is 2.91. The van der Waals surface area contributed by atoms with Gasteiger partial charge in [-0.25, -0.2) is 0 Å². The minimum atomic E-state index is -0.0677. The van der Waals surface area contributed by atoms with Gasteiger partial charge < -0.3 is 14.8 Å². The van der Waals surface area contributed by atoms with Gasteiger partial charge in [-0.15, -0.1) is 0 Å². The lowest BCUT2D eigenvalue weighted by molar-refractivity contribution is -0.117. The van der Waals surface area contributed by atoms with E-state index in [4.69, 9.17) is 9.47 Å². The number of ether oxygens (including phenoxy) is 2. The van der Waals surface area contributed by atoms with Gasteiger partial charge in [0.25, 0.3) is 0 Å². The van der Waals surface area contributed by atoms with Crippen molar-refractivity contribution in [3.8, 4) is 11.5 Å². The summed E-state index contributed by atoms with van der Waals surface area (Å²) in [6, 6.07) is 18.4. The predicted octanol–water partition coefficient (Wildman–Crippen LogP) is 5.93. The highest BCUT2D eigenvalue weighted by Gasteiger charge is 2.20. The molecule has 3 aromatic rings. The van der Waals surface area contributed by atoms with Crippen molar-refractivity contribution in [3.63, 3.8) is 0 Å². The summed E-state index contributed by atoms with van der Waals surface area (Å²) in [5.74, 6) is 1.60. The van der Waals surface area contributed by atoms with Gasteiger partial charge >= 0.3 is 0 Å². The van der Waals surface area contributed by atoms with Crippen LogP contribution in [0.1, 0.15) is 48.4 Å². The molecule has 1 aliphatic rings. The van der Waals surface area contributed by atoms with E-state index in [0.717, 1.165) is 60.3 Å². The number of fused-ring (bicyclic) bond motifs is 1. The molecule has 5 nitrogen and oxygen atoms in total. The van der Waals surface area contributed by atoms with Crippen LogP contribution in [-0.4, -0.2) is 31.2 Å². The number of amides is 1. The largest absolute Gasteiger partial charge is 0.497 e. The standard InChI is InChI=1S/C31H34N2O3/c1-22(7-4-8-23-9-6-18-32-21-23)33-30(34)17-14-24-12-13-25-19-28(36-3)15-16-29(25)31(24)26-10-5-11-27(20-26)35-2/h5-6,9-11,14-22H,4,7-8,12-13H2,1-3H3,(H,33,34)/b17-14+/t22-/m1/s1. The summed E-state index contributed by atoms with van der Waals surface area (Å²) in [5.41, 5.74) is 6.98. The topological polar surface area (TPSA) is 60.5 Å². The molecule has 2 aromatic carbocycles. The van der Waals surface area contributed by atoms with E-state index in [2.05, 4.69) is 41.5 Å². The number of hydrogen-bond acceptors (Lipinski definition) is 4. The zero-order chi connectivity index (χ0) is 25.3. The number of allylic oxidation sites excluding steroid dienone is 2. The normalized spacial score (nSPS) is 13.9. The molecule has 1 amide bonds. The van der Waals surface area contributed by atoms with Crippen LogP contribution in [0.15, 0.2) is 84.7 Å². The number of methoxy groups -OCH3 is 2. The third-order valence-corrected chi connectivity index (χ3v) is 6.57. The lowest BCUT2D eigenvalue weighted by atomic mass is 9.82. The van der Waals surface area contributed by atoms with Crippen LogP contribution < -0.4 is 14.8 Å². The van der Waals surface area contributed by atoms with E-state index in [1.165, 1.54) is 16.7 Å². The Hall–Kier alpha value is -3.86. The third kappa shape index (κ3) is 6.42. The molecule has 0 fully saturated rings. The second-order valence-electron chi connectivity index (χ2n) is 9.15. The lowest BCUT2D eigenvalue weighted by Gasteiger charge is -2.23. The Balaban J connectivity index is 1.50. The van der Waals surface area contributed by atoms with Gasteiger partial charge in [0, 0.05) is 24.5 Å². The molecule has 1 aliphatic carbocycles. The fourth-order valence-corrected chi connectivity index (χ4v) is 4.70. The minimum absolute atomic E-state index is 0.0677. The summed E-state index contributed by atoms with van der Waals surface area (Å²) < 4.78 is 10.9. The first-order valence-corrected chi connectivity index (χ1v) is 12.5. The Kier molecular flexibility index (Phi) is 8.56. The van der Waals surface area contributed by atoms with Gasteiger partial charge in [-0.1, -0.05) is 30.3 Å². The summed E-state index contributed by atoms with van der Waals surface area (Å²) in [4.78, 5) is 16.9. The molecule has 1 aromatic heterocycles. The predicted molar refractivity (Wildman–Crippen MR) is 144 cm³/mol. The van der Waals surface area contributed by atoms with Gasteiger partial charge in [-0.05, 0) is 103 Å². The molecule has 1 heterocycles.